The Morgan fingerprint density at radius 3 is 1.74 bits per heavy atom. The molecule has 0 spiro atoms. The van der Waals surface area contributed by atoms with Crippen LogP contribution in [0.2, 0.25) is 0 Å². The van der Waals surface area contributed by atoms with Crippen molar-refractivity contribution >= 4 is 0 Å². The zero-order chi connectivity index (χ0) is 23.1. The second kappa shape index (κ2) is 7.93. The standard InChI is InChI=1S/C32H24O2/c1-34-25-18-15-23(16-19-25)32(24-17-20-31(33)28(21-24)22-9-3-2-4-10-22)29-13-7-5-11-26(29)27-12-6-8-14-30(27)32/h2-21,33H,1H3. The minimum absolute atomic E-state index is 0.277. The van der Waals surface area contributed by atoms with Crippen LogP contribution in [0.25, 0.3) is 22.3 Å². The normalized spacial score (nSPS) is 13.2. The molecule has 0 bridgehead atoms. The molecule has 0 amide bonds. The minimum Gasteiger partial charge on any atom is -0.507 e. The molecule has 2 nitrogen and oxygen atoms in total. The van der Waals surface area contributed by atoms with Gasteiger partial charge in [-0.15, -0.1) is 0 Å². The molecule has 164 valence electrons. The summed E-state index contributed by atoms with van der Waals surface area (Å²) in [5.74, 6) is 1.11. The third kappa shape index (κ3) is 2.89. The highest BCUT2D eigenvalue weighted by molar-refractivity contribution is 5.87. The van der Waals surface area contributed by atoms with E-state index in [9.17, 15) is 5.11 Å². The number of aromatic hydroxyl groups is 1. The molecule has 0 radical (unpaired) electrons. The number of methoxy groups -OCH3 is 1. The van der Waals surface area contributed by atoms with Crippen molar-refractivity contribution < 1.29 is 9.84 Å². The van der Waals surface area contributed by atoms with Gasteiger partial charge in [-0.25, -0.2) is 0 Å². The van der Waals surface area contributed by atoms with E-state index in [1.807, 2.05) is 48.5 Å². The van der Waals surface area contributed by atoms with Crippen LogP contribution in [0, 0.1) is 0 Å². The van der Waals surface area contributed by atoms with E-state index < -0.39 is 5.41 Å². The lowest BCUT2D eigenvalue weighted by atomic mass is 9.67. The van der Waals surface area contributed by atoms with Crippen LogP contribution in [0.4, 0.5) is 0 Å². The number of benzene rings is 5. The Balaban J connectivity index is 1.71. The summed E-state index contributed by atoms with van der Waals surface area (Å²) in [6.07, 6.45) is 0. The number of ether oxygens (including phenoxy) is 1. The highest BCUT2D eigenvalue weighted by atomic mass is 16.5. The third-order valence-corrected chi connectivity index (χ3v) is 6.99. The smallest absolute Gasteiger partial charge is 0.123 e. The van der Waals surface area contributed by atoms with E-state index in [-0.39, 0.29) is 5.75 Å². The van der Waals surface area contributed by atoms with Crippen LogP contribution in [-0.2, 0) is 5.41 Å². The first kappa shape index (κ1) is 20.3. The molecule has 0 saturated carbocycles. The summed E-state index contributed by atoms with van der Waals surface area (Å²) >= 11 is 0. The van der Waals surface area contributed by atoms with Gasteiger partial charge in [-0.3, -0.25) is 0 Å². The van der Waals surface area contributed by atoms with Crippen LogP contribution in [0.15, 0.2) is 121 Å². The average Bonchev–Trinajstić information content (AvgIpc) is 3.21. The van der Waals surface area contributed by atoms with Crippen LogP contribution in [-0.4, -0.2) is 12.2 Å². The van der Waals surface area contributed by atoms with Crippen molar-refractivity contribution in [3.63, 3.8) is 0 Å². The van der Waals surface area contributed by atoms with Gasteiger partial charge in [0, 0.05) is 5.56 Å². The lowest BCUT2D eigenvalue weighted by Crippen LogP contribution is -2.28. The predicted octanol–water partition coefficient (Wildman–Crippen LogP) is 7.43. The molecule has 0 unspecified atom stereocenters. The number of phenols is 1. The molecule has 5 aromatic rings. The van der Waals surface area contributed by atoms with Gasteiger partial charge < -0.3 is 9.84 Å². The van der Waals surface area contributed by atoms with Crippen molar-refractivity contribution in [1.29, 1.82) is 0 Å². The van der Waals surface area contributed by atoms with E-state index in [4.69, 9.17) is 4.74 Å². The fraction of sp³-hybridized carbons (Fsp3) is 0.0625. The quantitative estimate of drug-likeness (QED) is 0.309. The van der Waals surface area contributed by atoms with Crippen molar-refractivity contribution in [3.05, 3.63) is 144 Å². The Morgan fingerprint density at radius 1 is 0.559 bits per heavy atom. The highest BCUT2D eigenvalue weighted by Crippen LogP contribution is 2.56. The first-order valence-corrected chi connectivity index (χ1v) is 11.5. The van der Waals surface area contributed by atoms with Gasteiger partial charge in [-0.2, -0.15) is 0 Å². The Kier molecular flexibility index (Phi) is 4.74. The molecule has 0 heterocycles. The predicted molar refractivity (Wildman–Crippen MR) is 137 cm³/mol. The molecule has 1 N–H and O–H groups in total. The Hall–Kier alpha value is -4.30. The van der Waals surface area contributed by atoms with Gasteiger partial charge in [-0.1, -0.05) is 97.1 Å². The van der Waals surface area contributed by atoms with Gasteiger partial charge in [0.05, 0.1) is 12.5 Å². The third-order valence-electron chi connectivity index (χ3n) is 6.99. The van der Waals surface area contributed by atoms with E-state index >= 15 is 0 Å². The first-order chi connectivity index (χ1) is 16.7. The highest BCUT2D eigenvalue weighted by Gasteiger charge is 2.46. The summed E-state index contributed by atoms with van der Waals surface area (Å²) in [5, 5.41) is 10.8. The molecule has 0 aromatic heterocycles. The summed E-state index contributed by atoms with van der Waals surface area (Å²) in [5.41, 5.74) is 8.54. The van der Waals surface area contributed by atoms with Crippen LogP contribution in [0.5, 0.6) is 11.5 Å². The van der Waals surface area contributed by atoms with Gasteiger partial charge in [0.2, 0.25) is 0 Å². The Bertz CT molecular complexity index is 1440. The second-order valence-corrected chi connectivity index (χ2v) is 8.67. The Labute approximate surface area is 199 Å². The van der Waals surface area contributed by atoms with Crippen molar-refractivity contribution in [2.24, 2.45) is 0 Å². The van der Waals surface area contributed by atoms with Crippen LogP contribution >= 0.6 is 0 Å². The summed E-state index contributed by atoms with van der Waals surface area (Å²) in [4.78, 5) is 0. The van der Waals surface area contributed by atoms with Crippen LogP contribution in [0.1, 0.15) is 22.3 Å². The number of hydrogen-bond acceptors (Lipinski definition) is 2. The van der Waals surface area contributed by atoms with Crippen LogP contribution < -0.4 is 4.74 Å². The van der Waals surface area contributed by atoms with Gasteiger partial charge in [0.15, 0.2) is 0 Å². The zero-order valence-corrected chi connectivity index (χ0v) is 18.9. The topological polar surface area (TPSA) is 29.5 Å². The summed E-state index contributed by atoms with van der Waals surface area (Å²) in [6, 6.07) is 41.8. The number of phenolic OH excluding ortho intramolecular Hbond substituents is 1. The van der Waals surface area contributed by atoms with E-state index in [0.717, 1.165) is 28.0 Å². The molecular formula is C32H24O2. The van der Waals surface area contributed by atoms with Crippen molar-refractivity contribution in [1.82, 2.24) is 0 Å². The van der Waals surface area contributed by atoms with Gasteiger partial charge in [0.25, 0.3) is 0 Å². The molecule has 1 aliphatic carbocycles. The first-order valence-electron chi connectivity index (χ1n) is 11.5. The molecule has 1 aliphatic rings. The molecule has 5 aromatic carbocycles. The zero-order valence-electron chi connectivity index (χ0n) is 18.9. The van der Waals surface area contributed by atoms with Crippen molar-refractivity contribution in [3.8, 4) is 33.8 Å². The number of fused-ring (bicyclic) bond motifs is 3. The van der Waals surface area contributed by atoms with Gasteiger partial charge in [0.1, 0.15) is 11.5 Å². The number of rotatable bonds is 4. The summed E-state index contributed by atoms with van der Waals surface area (Å²) < 4.78 is 5.47. The molecule has 6 rings (SSSR count). The monoisotopic (exact) mass is 440 g/mol. The van der Waals surface area contributed by atoms with Crippen molar-refractivity contribution in [2.45, 2.75) is 5.41 Å². The summed E-state index contributed by atoms with van der Waals surface area (Å²) in [7, 11) is 1.69. The van der Waals surface area contributed by atoms with Crippen molar-refractivity contribution in [2.75, 3.05) is 7.11 Å². The lowest BCUT2D eigenvalue weighted by Gasteiger charge is -2.34. The van der Waals surface area contributed by atoms with E-state index in [1.54, 1.807) is 7.11 Å². The molecule has 0 aliphatic heterocycles. The maximum atomic E-state index is 10.8. The van der Waals surface area contributed by atoms with Crippen LogP contribution in [0.3, 0.4) is 0 Å². The molecular weight excluding hydrogens is 416 g/mol. The van der Waals surface area contributed by atoms with Gasteiger partial charge >= 0.3 is 0 Å². The molecule has 0 atom stereocenters. The molecule has 0 fully saturated rings. The average molecular weight is 441 g/mol. The van der Waals surface area contributed by atoms with E-state index in [2.05, 4.69) is 72.8 Å². The minimum atomic E-state index is -0.517. The SMILES string of the molecule is COc1ccc(C2(c3ccc(O)c(-c4ccccc4)c3)c3ccccc3-c3ccccc32)cc1. The summed E-state index contributed by atoms with van der Waals surface area (Å²) in [6.45, 7) is 0. The number of hydrogen-bond donors (Lipinski definition) is 1. The second-order valence-electron chi connectivity index (χ2n) is 8.67. The molecule has 0 saturated heterocycles. The van der Waals surface area contributed by atoms with E-state index in [0.29, 0.717) is 0 Å². The Morgan fingerprint density at radius 2 is 1.12 bits per heavy atom. The maximum Gasteiger partial charge on any atom is 0.123 e. The molecule has 34 heavy (non-hydrogen) atoms. The van der Waals surface area contributed by atoms with Gasteiger partial charge in [-0.05, 0) is 63.2 Å². The maximum absolute atomic E-state index is 10.8. The fourth-order valence-electron chi connectivity index (χ4n) is 5.48. The van der Waals surface area contributed by atoms with E-state index in [1.165, 1.54) is 22.3 Å². The lowest BCUT2D eigenvalue weighted by molar-refractivity contribution is 0.414. The molecule has 2 heteroatoms. The largest absolute Gasteiger partial charge is 0.507 e. The fourth-order valence-corrected chi connectivity index (χ4v) is 5.48.